The molecule has 0 aliphatic carbocycles. The van der Waals surface area contributed by atoms with Crippen molar-refractivity contribution >= 4 is 17.9 Å². The molecule has 1 heterocycles. The van der Waals surface area contributed by atoms with E-state index in [-0.39, 0.29) is 31.3 Å². The largest absolute Gasteiger partial charge is 0.481 e. The van der Waals surface area contributed by atoms with Crippen molar-refractivity contribution in [2.24, 2.45) is 11.7 Å². The molecule has 1 rings (SSSR count). The summed E-state index contributed by atoms with van der Waals surface area (Å²) in [7, 11) is 0. The number of likely N-dealkylation sites (tertiary alicyclic amines) is 1. The van der Waals surface area contributed by atoms with Crippen molar-refractivity contribution in [1.29, 1.82) is 0 Å². The summed E-state index contributed by atoms with van der Waals surface area (Å²) in [6.45, 7) is 1.45. The summed E-state index contributed by atoms with van der Waals surface area (Å²) in [4.78, 5) is 34.2. The molecule has 1 aliphatic heterocycles. The van der Waals surface area contributed by atoms with Gasteiger partial charge in [0, 0.05) is 32.5 Å². The van der Waals surface area contributed by atoms with Gasteiger partial charge in [0.15, 0.2) is 0 Å². The Bertz CT molecular complexity index is 332. The summed E-state index contributed by atoms with van der Waals surface area (Å²) in [6.07, 6.45) is 1.70. The van der Waals surface area contributed by atoms with Crippen molar-refractivity contribution in [3.05, 3.63) is 0 Å². The summed E-state index contributed by atoms with van der Waals surface area (Å²) in [5.74, 6) is -1.00. The number of amides is 3. The number of urea groups is 1. The third-order valence-electron chi connectivity index (χ3n) is 2.99. The smallest absolute Gasteiger partial charge is 0.317 e. The van der Waals surface area contributed by atoms with Gasteiger partial charge in [-0.1, -0.05) is 0 Å². The highest BCUT2D eigenvalue weighted by molar-refractivity contribution is 5.77. The van der Waals surface area contributed by atoms with Crippen LogP contribution in [0.1, 0.15) is 25.7 Å². The standard InChI is InChI=1S/C11H19N3O4/c12-9(15)3-5-13-11(18)14-6-4-8(7-14)1-2-10(16)17/h8H,1-7H2,(H2,12,15)(H,13,18)(H,16,17). The number of nitrogens with one attached hydrogen (secondary N) is 1. The lowest BCUT2D eigenvalue weighted by atomic mass is 10.0. The van der Waals surface area contributed by atoms with E-state index in [0.29, 0.717) is 19.5 Å². The van der Waals surface area contributed by atoms with E-state index >= 15 is 0 Å². The number of carboxylic acids is 1. The van der Waals surface area contributed by atoms with Gasteiger partial charge < -0.3 is 21.1 Å². The van der Waals surface area contributed by atoms with Crippen LogP contribution < -0.4 is 11.1 Å². The Morgan fingerprint density at radius 3 is 2.67 bits per heavy atom. The molecule has 0 bridgehead atoms. The zero-order valence-corrected chi connectivity index (χ0v) is 10.2. The highest BCUT2D eigenvalue weighted by atomic mass is 16.4. The van der Waals surface area contributed by atoms with Crippen LogP contribution in [0.2, 0.25) is 0 Å². The van der Waals surface area contributed by atoms with Crippen LogP contribution in [0.5, 0.6) is 0 Å². The maximum absolute atomic E-state index is 11.7. The number of carboxylic acid groups (broad SMARTS) is 1. The van der Waals surface area contributed by atoms with Crippen LogP contribution in [0.15, 0.2) is 0 Å². The quantitative estimate of drug-likeness (QED) is 0.609. The Kier molecular flexibility index (Phi) is 5.41. The van der Waals surface area contributed by atoms with Crippen molar-refractivity contribution in [3.8, 4) is 0 Å². The molecule has 102 valence electrons. The fourth-order valence-electron chi connectivity index (χ4n) is 1.98. The van der Waals surface area contributed by atoms with Gasteiger partial charge in [-0.3, -0.25) is 9.59 Å². The van der Waals surface area contributed by atoms with Gasteiger partial charge in [0.1, 0.15) is 0 Å². The van der Waals surface area contributed by atoms with Gasteiger partial charge in [-0.15, -0.1) is 0 Å². The van der Waals surface area contributed by atoms with Gasteiger partial charge >= 0.3 is 12.0 Å². The van der Waals surface area contributed by atoms with Crippen molar-refractivity contribution < 1.29 is 19.5 Å². The molecule has 1 unspecified atom stereocenters. The molecule has 1 atom stereocenters. The third kappa shape index (κ3) is 5.03. The zero-order chi connectivity index (χ0) is 13.5. The number of hydrogen-bond donors (Lipinski definition) is 3. The molecular formula is C11H19N3O4. The third-order valence-corrected chi connectivity index (χ3v) is 2.99. The van der Waals surface area contributed by atoms with Gasteiger partial charge in [-0.2, -0.15) is 0 Å². The molecule has 7 nitrogen and oxygen atoms in total. The first-order valence-corrected chi connectivity index (χ1v) is 6.02. The van der Waals surface area contributed by atoms with E-state index in [4.69, 9.17) is 10.8 Å². The topological polar surface area (TPSA) is 113 Å². The fraction of sp³-hybridized carbons (Fsp3) is 0.727. The van der Waals surface area contributed by atoms with Crippen LogP contribution in [-0.2, 0) is 9.59 Å². The predicted molar refractivity (Wildman–Crippen MR) is 63.8 cm³/mol. The number of nitrogens with two attached hydrogens (primary N) is 1. The molecule has 1 aliphatic rings. The molecule has 0 radical (unpaired) electrons. The van der Waals surface area contributed by atoms with Crippen LogP contribution in [0.4, 0.5) is 4.79 Å². The van der Waals surface area contributed by atoms with Gasteiger partial charge in [-0.05, 0) is 18.8 Å². The van der Waals surface area contributed by atoms with Crippen LogP contribution in [-0.4, -0.2) is 47.5 Å². The second kappa shape index (κ2) is 6.83. The lowest BCUT2D eigenvalue weighted by Crippen LogP contribution is -2.39. The monoisotopic (exact) mass is 257 g/mol. The molecule has 0 spiro atoms. The van der Waals surface area contributed by atoms with E-state index in [2.05, 4.69) is 5.32 Å². The summed E-state index contributed by atoms with van der Waals surface area (Å²) in [5, 5.41) is 11.2. The van der Waals surface area contributed by atoms with Crippen LogP contribution in [0.25, 0.3) is 0 Å². The Hall–Kier alpha value is -1.79. The normalized spacial score (nSPS) is 18.7. The highest BCUT2D eigenvalue weighted by Crippen LogP contribution is 2.20. The number of carbonyl (C=O) groups is 3. The average Bonchev–Trinajstić information content (AvgIpc) is 2.74. The van der Waals surface area contributed by atoms with Gasteiger partial charge in [0.25, 0.3) is 0 Å². The zero-order valence-electron chi connectivity index (χ0n) is 10.2. The van der Waals surface area contributed by atoms with E-state index in [1.54, 1.807) is 4.90 Å². The van der Waals surface area contributed by atoms with Gasteiger partial charge in [0.2, 0.25) is 5.91 Å². The van der Waals surface area contributed by atoms with E-state index < -0.39 is 11.9 Å². The maximum atomic E-state index is 11.7. The molecule has 1 saturated heterocycles. The molecule has 7 heteroatoms. The van der Waals surface area contributed by atoms with E-state index in [9.17, 15) is 14.4 Å². The van der Waals surface area contributed by atoms with Crippen LogP contribution in [0, 0.1) is 5.92 Å². The SMILES string of the molecule is NC(=O)CCNC(=O)N1CCC(CCC(=O)O)C1. The molecular weight excluding hydrogens is 238 g/mol. The molecule has 18 heavy (non-hydrogen) atoms. The van der Waals surface area contributed by atoms with E-state index in [1.807, 2.05) is 0 Å². The Balaban J connectivity index is 2.21. The molecule has 0 aromatic heterocycles. The number of nitrogens with zero attached hydrogens (tertiary/aromatic N) is 1. The summed E-state index contributed by atoms with van der Waals surface area (Å²) in [6, 6.07) is -0.214. The summed E-state index contributed by atoms with van der Waals surface area (Å²) < 4.78 is 0. The van der Waals surface area contributed by atoms with Crippen molar-refractivity contribution in [1.82, 2.24) is 10.2 Å². The average molecular weight is 257 g/mol. The van der Waals surface area contributed by atoms with Crippen molar-refractivity contribution in [2.45, 2.75) is 25.7 Å². The van der Waals surface area contributed by atoms with Crippen LogP contribution >= 0.6 is 0 Å². The number of hydrogen-bond acceptors (Lipinski definition) is 3. The fourth-order valence-corrected chi connectivity index (χ4v) is 1.98. The minimum atomic E-state index is -0.806. The van der Waals surface area contributed by atoms with Crippen molar-refractivity contribution in [3.63, 3.8) is 0 Å². The number of carbonyl (C=O) groups excluding carboxylic acids is 2. The lowest BCUT2D eigenvalue weighted by Gasteiger charge is -2.17. The maximum Gasteiger partial charge on any atom is 0.317 e. The van der Waals surface area contributed by atoms with Crippen molar-refractivity contribution in [2.75, 3.05) is 19.6 Å². The lowest BCUT2D eigenvalue weighted by molar-refractivity contribution is -0.137. The first-order chi connectivity index (χ1) is 8.49. The molecule has 0 aromatic rings. The molecule has 4 N–H and O–H groups in total. The predicted octanol–water partition coefficient (Wildman–Crippen LogP) is -0.242. The number of rotatable bonds is 6. The van der Waals surface area contributed by atoms with E-state index in [1.165, 1.54) is 0 Å². The Labute approximate surface area is 105 Å². The molecule has 0 aromatic carbocycles. The van der Waals surface area contributed by atoms with Gasteiger partial charge in [0.05, 0.1) is 0 Å². The first-order valence-electron chi connectivity index (χ1n) is 6.02. The first kappa shape index (κ1) is 14.3. The minimum Gasteiger partial charge on any atom is -0.481 e. The van der Waals surface area contributed by atoms with E-state index in [0.717, 1.165) is 6.42 Å². The number of primary amides is 1. The second-order valence-electron chi connectivity index (χ2n) is 4.48. The summed E-state index contributed by atoms with van der Waals surface area (Å²) in [5.41, 5.74) is 4.96. The molecule has 0 saturated carbocycles. The highest BCUT2D eigenvalue weighted by Gasteiger charge is 2.26. The minimum absolute atomic E-state index is 0.127. The summed E-state index contributed by atoms with van der Waals surface area (Å²) >= 11 is 0. The number of aliphatic carboxylic acids is 1. The second-order valence-corrected chi connectivity index (χ2v) is 4.48. The van der Waals surface area contributed by atoms with Crippen LogP contribution in [0.3, 0.4) is 0 Å². The molecule has 3 amide bonds. The van der Waals surface area contributed by atoms with Gasteiger partial charge in [-0.25, -0.2) is 4.79 Å². The Morgan fingerprint density at radius 2 is 2.06 bits per heavy atom. The Morgan fingerprint density at radius 1 is 1.33 bits per heavy atom. The molecule has 1 fully saturated rings.